The number of hydrogen-bond acceptors (Lipinski definition) is 2. The fourth-order valence-electron chi connectivity index (χ4n) is 2.65. The number of benzene rings is 2. The third kappa shape index (κ3) is 6.43. The van der Waals surface area contributed by atoms with Gasteiger partial charge in [-0.05, 0) is 66.5 Å². The van der Waals surface area contributed by atoms with E-state index < -0.39 is 11.7 Å². The molecule has 2 N–H and O–H groups in total. The molecular formula is C20H23F3N2OS. The molecule has 0 radical (unpaired) electrons. The summed E-state index contributed by atoms with van der Waals surface area (Å²) in [6.45, 7) is 4.23. The third-order valence-corrected chi connectivity index (χ3v) is 4.22. The lowest BCUT2D eigenvalue weighted by atomic mass is 9.97. The summed E-state index contributed by atoms with van der Waals surface area (Å²) in [6, 6.07) is 12.5. The minimum absolute atomic E-state index is 0.0228. The minimum atomic E-state index is -4.35. The molecule has 1 unspecified atom stereocenters. The monoisotopic (exact) mass is 396 g/mol. The van der Waals surface area contributed by atoms with Crippen LogP contribution in [0.5, 0.6) is 5.75 Å². The maximum absolute atomic E-state index is 12.6. The van der Waals surface area contributed by atoms with Crippen LogP contribution in [0.1, 0.15) is 37.4 Å². The molecule has 0 heterocycles. The quantitative estimate of drug-likeness (QED) is 0.606. The molecule has 0 amide bonds. The van der Waals surface area contributed by atoms with Crippen molar-refractivity contribution in [1.82, 2.24) is 5.32 Å². The first-order chi connectivity index (χ1) is 12.7. The summed E-state index contributed by atoms with van der Waals surface area (Å²) in [7, 11) is 1.61. The van der Waals surface area contributed by atoms with Crippen LogP contribution < -0.4 is 15.4 Å². The first-order valence-corrected chi connectivity index (χ1v) is 8.98. The van der Waals surface area contributed by atoms with Crippen molar-refractivity contribution in [3.05, 3.63) is 59.7 Å². The molecule has 2 aromatic carbocycles. The Balaban J connectivity index is 2.06. The number of rotatable bonds is 6. The van der Waals surface area contributed by atoms with Crippen LogP contribution in [0.3, 0.4) is 0 Å². The molecule has 0 saturated heterocycles. The molecule has 2 aromatic rings. The molecular weight excluding hydrogens is 373 g/mol. The van der Waals surface area contributed by atoms with E-state index in [1.165, 1.54) is 12.1 Å². The molecule has 146 valence electrons. The van der Waals surface area contributed by atoms with E-state index in [9.17, 15) is 13.2 Å². The Kier molecular flexibility index (Phi) is 7.07. The van der Waals surface area contributed by atoms with Gasteiger partial charge in [0.2, 0.25) is 0 Å². The van der Waals surface area contributed by atoms with Crippen LogP contribution in [-0.2, 0) is 6.18 Å². The van der Waals surface area contributed by atoms with E-state index in [4.69, 9.17) is 17.0 Å². The first-order valence-electron chi connectivity index (χ1n) is 8.57. The van der Waals surface area contributed by atoms with E-state index in [0.29, 0.717) is 16.7 Å². The van der Waals surface area contributed by atoms with Gasteiger partial charge in [0.15, 0.2) is 5.11 Å². The Bertz CT molecular complexity index is 743. The lowest BCUT2D eigenvalue weighted by Gasteiger charge is -2.23. The Hall–Kier alpha value is -2.28. The summed E-state index contributed by atoms with van der Waals surface area (Å²) in [6.07, 6.45) is -3.50. The fourth-order valence-corrected chi connectivity index (χ4v) is 2.91. The molecule has 0 aliphatic rings. The van der Waals surface area contributed by atoms with Gasteiger partial charge in [0.1, 0.15) is 5.75 Å². The summed E-state index contributed by atoms with van der Waals surface area (Å²) >= 11 is 5.35. The highest BCUT2D eigenvalue weighted by molar-refractivity contribution is 7.80. The molecule has 3 nitrogen and oxygen atoms in total. The molecule has 0 bridgehead atoms. The van der Waals surface area contributed by atoms with E-state index in [-0.39, 0.29) is 6.04 Å². The van der Waals surface area contributed by atoms with Crippen molar-refractivity contribution < 1.29 is 17.9 Å². The Morgan fingerprint density at radius 3 is 2.11 bits per heavy atom. The predicted molar refractivity (Wildman–Crippen MR) is 106 cm³/mol. The van der Waals surface area contributed by atoms with Crippen molar-refractivity contribution in [2.24, 2.45) is 5.92 Å². The number of ether oxygens (including phenoxy) is 1. The summed E-state index contributed by atoms with van der Waals surface area (Å²) < 4.78 is 43.1. The molecule has 27 heavy (non-hydrogen) atoms. The van der Waals surface area contributed by atoms with E-state index >= 15 is 0 Å². The van der Waals surface area contributed by atoms with Gasteiger partial charge in [-0.1, -0.05) is 26.0 Å². The number of methoxy groups -OCH3 is 1. The zero-order valence-electron chi connectivity index (χ0n) is 15.4. The summed E-state index contributed by atoms with van der Waals surface area (Å²) in [5, 5.41) is 6.56. The number of hydrogen-bond donors (Lipinski definition) is 2. The van der Waals surface area contributed by atoms with Gasteiger partial charge < -0.3 is 15.4 Å². The van der Waals surface area contributed by atoms with Gasteiger partial charge in [0.25, 0.3) is 0 Å². The highest BCUT2D eigenvalue weighted by Crippen LogP contribution is 2.30. The second kappa shape index (κ2) is 9.08. The van der Waals surface area contributed by atoms with E-state index in [1.807, 2.05) is 24.3 Å². The summed E-state index contributed by atoms with van der Waals surface area (Å²) in [5.74, 6) is 1.20. The second-order valence-corrected chi connectivity index (χ2v) is 7.04. The Morgan fingerprint density at radius 1 is 1.04 bits per heavy atom. The van der Waals surface area contributed by atoms with Crippen LogP contribution in [0.15, 0.2) is 48.5 Å². The average molecular weight is 396 g/mol. The second-order valence-electron chi connectivity index (χ2n) is 6.63. The third-order valence-electron chi connectivity index (χ3n) is 4.00. The van der Waals surface area contributed by atoms with Gasteiger partial charge in [-0.25, -0.2) is 0 Å². The molecule has 0 aromatic heterocycles. The lowest BCUT2D eigenvalue weighted by Crippen LogP contribution is -2.33. The maximum Gasteiger partial charge on any atom is 0.416 e. The number of halogens is 3. The Labute approximate surface area is 162 Å². The zero-order chi connectivity index (χ0) is 20.0. The summed E-state index contributed by atoms with van der Waals surface area (Å²) in [5.41, 5.74) is 0.863. The van der Waals surface area contributed by atoms with Crippen LogP contribution >= 0.6 is 12.2 Å². The molecule has 0 fully saturated rings. The van der Waals surface area contributed by atoms with E-state index in [1.54, 1.807) is 7.11 Å². The molecule has 0 saturated carbocycles. The highest BCUT2D eigenvalue weighted by Gasteiger charge is 2.30. The molecule has 0 spiro atoms. The van der Waals surface area contributed by atoms with Crippen LogP contribution in [0, 0.1) is 5.92 Å². The molecule has 0 aliphatic carbocycles. The first kappa shape index (κ1) is 21.0. The molecule has 0 aliphatic heterocycles. The zero-order valence-corrected chi connectivity index (χ0v) is 16.2. The number of anilines is 1. The van der Waals surface area contributed by atoms with Crippen molar-refractivity contribution >= 4 is 23.0 Å². The van der Waals surface area contributed by atoms with Gasteiger partial charge in [-0.15, -0.1) is 0 Å². The molecule has 1 atom stereocenters. The van der Waals surface area contributed by atoms with Gasteiger partial charge in [0.05, 0.1) is 18.7 Å². The van der Waals surface area contributed by atoms with Crippen LogP contribution in [-0.4, -0.2) is 12.2 Å². The molecule has 2 rings (SSSR count). The Morgan fingerprint density at radius 2 is 1.63 bits per heavy atom. The van der Waals surface area contributed by atoms with Crippen molar-refractivity contribution in [2.45, 2.75) is 32.5 Å². The van der Waals surface area contributed by atoms with Crippen LogP contribution in [0.2, 0.25) is 0 Å². The number of alkyl halides is 3. The summed E-state index contributed by atoms with van der Waals surface area (Å²) in [4.78, 5) is 0. The minimum Gasteiger partial charge on any atom is -0.497 e. The van der Waals surface area contributed by atoms with Gasteiger partial charge >= 0.3 is 6.18 Å². The molecule has 7 heteroatoms. The number of nitrogens with one attached hydrogen (secondary N) is 2. The average Bonchev–Trinajstić information content (AvgIpc) is 2.60. The van der Waals surface area contributed by atoms with Gasteiger partial charge in [0, 0.05) is 5.69 Å². The van der Waals surface area contributed by atoms with Crippen molar-refractivity contribution in [2.75, 3.05) is 12.4 Å². The SMILES string of the molecule is COc1ccc(C(CC(C)C)NC(=S)Nc2ccc(C(F)(F)F)cc2)cc1. The van der Waals surface area contributed by atoms with Crippen LogP contribution in [0.25, 0.3) is 0 Å². The van der Waals surface area contributed by atoms with Crippen molar-refractivity contribution in [3.8, 4) is 5.75 Å². The van der Waals surface area contributed by atoms with Crippen LogP contribution in [0.4, 0.5) is 18.9 Å². The predicted octanol–water partition coefficient (Wildman–Crippen LogP) is 5.79. The van der Waals surface area contributed by atoms with E-state index in [0.717, 1.165) is 29.9 Å². The topological polar surface area (TPSA) is 33.3 Å². The smallest absolute Gasteiger partial charge is 0.416 e. The van der Waals surface area contributed by atoms with E-state index in [2.05, 4.69) is 24.5 Å². The van der Waals surface area contributed by atoms with Crippen molar-refractivity contribution in [1.29, 1.82) is 0 Å². The van der Waals surface area contributed by atoms with Crippen molar-refractivity contribution in [3.63, 3.8) is 0 Å². The fraction of sp³-hybridized carbons (Fsp3) is 0.350. The normalized spacial score (nSPS) is 12.6. The number of thiocarbonyl (C=S) groups is 1. The maximum atomic E-state index is 12.6. The highest BCUT2D eigenvalue weighted by atomic mass is 32.1. The lowest BCUT2D eigenvalue weighted by molar-refractivity contribution is -0.137. The standard InChI is InChI=1S/C20H23F3N2OS/c1-13(2)12-18(14-4-10-17(26-3)11-5-14)25-19(27)24-16-8-6-15(7-9-16)20(21,22)23/h4-11,13,18H,12H2,1-3H3,(H2,24,25,27). The van der Waals surface area contributed by atoms with Gasteiger partial charge in [-0.2, -0.15) is 13.2 Å². The largest absolute Gasteiger partial charge is 0.497 e. The van der Waals surface area contributed by atoms with Gasteiger partial charge in [-0.3, -0.25) is 0 Å².